The van der Waals surface area contributed by atoms with Gasteiger partial charge in [-0.25, -0.2) is 14.8 Å². The van der Waals surface area contributed by atoms with Crippen LogP contribution >= 0.6 is 0 Å². The smallest absolute Gasteiger partial charge is 0.321 e. The van der Waals surface area contributed by atoms with E-state index >= 15 is 0 Å². The average molecular weight is 563 g/mol. The zero-order valence-corrected chi connectivity index (χ0v) is 24.5. The number of anilines is 2. The normalized spacial score (nSPS) is 16.2. The van der Waals surface area contributed by atoms with Gasteiger partial charge in [0.05, 0.1) is 25.3 Å². The van der Waals surface area contributed by atoms with E-state index in [0.717, 1.165) is 35.3 Å². The van der Waals surface area contributed by atoms with Gasteiger partial charge in [-0.1, -0.05) is 6.42 Å². The highest BCUT2D eigenvalue weighted by Gasteiger charge is 2.23. The summed E-state index contributed by atoms with van der Waals surface area (Å²) in [5.74, 6) is 2.83. The number of methoxy groups -OCH3 is 1. The summed E-state index contributed by atoms with van der Waals surface area (Å²) in [5.41, 5.74) is 1.55. The van der Waals surface area contributed by atoms with Crippen molar-refractivity contribution in [2.45, 2.75) is 45.6 Å². The predicted octanol–water partition coefficient (Wildman–Crippen LogP) is 5.03. The Kier molecular flexibility index (Phi) is 9.61. The maximum atomic E-state index is 12.8. The number of nitrogens with zero attached hydrogens (tertiary/aromatic N) is 5. The SMILES string of the molecule is COc1cc2cnc(N3CCN(C(=O)Nc4ccc(OC(C)C)cc4)CC3)nc2cc1OCCCN1CCCCC1. The van der Waals surface area contributed by atoms with Gasteiger partial charge in [0.2, 0.25) is 5.95 Å². The van der Waals surface area contributed by atoms with Gasteiger partial charge in [-0.15, -0.1) is 0 Å². The zero-order valence-electron chi connectivity index (χ0n) is 24.5. The van der Waals surface area contributed by atoms with Gasteiger partial charge in [-0.3, -0.25) is 0 Å². The van der Waals surface area contributed by atoms with E-state index in [1.165, 1.54) is 32.4 Å². The van der Waals surface area contributed by atoms with Crippen LogP contribution in [0, 0.1) is 0 Å². The number of ether oxygens (including phenoxy) is 3. The van der Waals surface area contributed by atoms with Crippen LogP contribution in [-0.4, -0.2) is 91.4 Å². The first-order chi connectivity index (χ1) is 20.0. The van der Waals surface area contributed by atoms with E-state index in [1.54, 1.807) is 7.11 Å². The molecule has 1 N–H and O–H groups in total. The molecule has 0 aliphatic carbocycles. The van der Waals surface area contributed by atoms with E-state index in [0.29, 0.717) is 50.2 Å². The van der Waals surface area contributed by atoms with Gasteiger partial charge in [0.15, 0.2) is 11.5 Å². The highest BCUT2D eigenvalue weighted by Crippen LogP contribution is 2.32. The molecule has 3 aromatic rings. The van der Waals surface area contributed by atoms with E-state index in [2.05, 4.69) is 20.1 Å². The topological polar surface area (TPSA) is 92.3 Å². The predicted molar refractivity (Wildman–Crippen MR) is 162 cm³/mol. The number of hydrogen-bond acceptors (Lipinski definition) is 8. The lowest BCUT2D eigenvalue weighted by Gasteiger charge is -2.34. The standard InChI is InChI=1S/C31H42N6O4/c1-23(2)41-26-10-8-25(9-11-26)33-31(38)37-17-15-36(16-18-37)30-32-22-24-20-28(39-3)29(21-27(24)34-30)40-19-7-14-35-12-5-4-6-13-35/h8-11,20-23H,4-7,12-19H2,1-3H3,(H,33,38). The van der Waals surface area contributed by atoms with Crippen LogP contribution in [0.2, 0.25) is 0 Å². The van der Waals surface area contributed by atoms with Crippen LogP contribution in [-0.2, 0) is 0 Å². The second-order valence-electron chi connectivity index (χ2n) is 10.9. The molecular weight excluding hydrogens is 520 g/mol. The van der Waals surface area contributed by atoms with Crippen LogP contribution in [0.1, 0.15) is 39.5 Å². The van der Waals surface area contributed by atoms with E-state index in [-0.39, 0.29) is 12.1 Å². The van der Waals surface area contributed by atoms with Gasteiger partial charge < -0.3 is 34.2 Å². The van der Waals surface area contributed by atoms with Crippen LogP contribution in [0.15, 0.2) is 42.6 Å². The molecule has 0 unspecified atom stereocenters. The number of piperidine rings is 1. The molecule has 10 nitrogen and oxygen atoms in total. The minimum absolute atomic E-state index is 0.107. The van der Waals surface area contributed by atoms with E-state index in [1.807, 2.05) is 61.3 Å². The summed E-state index contributed by atoms with van der Waals surface area (Å²) in [6.07, 6.45) is 6.86. The first-order valence-corrected chi connectivity index (χ1v) is 14.8. The van der Waals surface area contributed by atoms with E-state index in [9.17, 15) is 4.79 Å². The Morgan fingerprint density at radius 3 is 2.44 bits per heavy atom. The molecule has 2 aliphatic heterocycles. The van der Waals surface area contributed by atoms with Crippen molar-refractivity contribution in [3.63, 3.8) is 0 Å². The number of amides is 2. The molecule has 2 fully saturated rings. The lowest BCUT2D eigenvalue weighted by atomic mass is 10.1. The third-order valence-corrected chi connectivity index (χ3v) is 7.50. The van der Waals surface area contributed by atoms with Gasteiger partial charge in [0.25, 0.3) is 0 Å². The Bertz CT molecular complexity index is 1290. The summed E-state index contributed by atoms with van der Waals surface area (Å²) in [6.45, 7) is 10.5. The number of benzene rings is 2. The number of aromatic nitrogens is 2. The first-order valence-electron chi connectivity index (χ1n) is 14.8. The van der Waals surface area contributed by atoms with Crippen molar-refractivity contribution in [1.29, 1.82) is 0 Å². The lowest BCUT2D eigenvalue weighted by molar-refractivity contribution is 0.203. The van der Waals surface area contributed by atoms with Crippen molar-refractivity contribution in [3.8, 4) is 17.2 Å². The maximum absolute atomic E-state index is 12.8. The van der Waals surface area contributed by atoms with Crippen molar-refractivity contribution in [2.24, 2.45) is 0 Å². The molecule has 2 aliphatic rings. The minimum atomic E-state index is -0.115. The Balaban J connectivity index is 1.15. The molecule has 3 heterocycles. The Labute approximate surface area is 242 Å². The van der Waals surface area contributed by atoms with Gasteiger partial charge in [0.1, 0.15) is 5.75 Å². The van der Waals surface area contributed by atoms with Gasteiger partial charge in [0, 0.05) is 56.1 Å². The first kappa shape index (κ1) is 28.7. The van der Waals surface area contributed by atoms with Gasteiger partial charge >= 0.3 is 6.03 Å². The summed E-state index contributed by atoms with van der Waals surface area (Å²) in [4.78, 5) is 28.8. The summed E-state index contributed by atoms with van der Waals surface area (Å²) in [7, 11) is 1.66. The molecule has 0 spiro atoms. The van der Waals surface area contributed by atoms with Crippen molar-refractivity contribution in [3.05, 3.63) is 42.6 Å². The zero-order chi connectivity index (χ0) is 28.6. The van der Waals surface area contributed by atoms with Crippen molar-refractivity contribution >= 4 is 28.6 Å². The fraction of sp³-hybridized carbons (Fsp3) is 0.516. The number of fused-ring (bicyclic) bond motifs is 1. The molecule has 5 rings (SSSR count). The quantitative estimate of drug-likeness (QED) is 0.344. The van der Waals surface area contributed by atoms with Crippen molar-refractivity contribution < 1.29 is 19.0 Å². The number of rotatable bonds is 10. The molecule has 0 radical (unpaired) electrons. The summed E-state index contributed by atoms with van der Waals surface area (Å²) in [6, 6.07) is 11.2. The molecule has 10 heteroatoms. The van der Waals surface area contributed by atoms with E-state index in [4.69, 9.17) is 19.2 Å². The lowest BCUT2D eigenvalue weighted by Crippen LogP contribution is -2.50. The van der Waals surface area contributed by atoms with Crippen LogP contribution in [0.5, 0.6) is 17.2 Å². The third-order valence-electron chi connectivity index (χ3n) is 7.50. The molecule has 220 valence electrons. The van der Waals surface area contributed by atoms with Crippen LogP contribution in [0.3, 0.4) is 0 Å². The number of carbonyl (C=O) groups is 1. The molecule has 2 amide bonds. The molecular formula is C31H42N6O4. The van der Waals surface area contributed by atoms with E-state index < -0.39 is 0 Å². The number of likely N-dealkylation sites (tertiary alicyclic amines) is 1. The molecule has 0 saturated carbocycles. The largest absolute Gasteiger partial charge is 0.493 e. The Hall–Kier alpha value is -3.79. The number of hydrogen-bond donors (Lipinski definition) is 1. The van der Waals surface area contributed by atoms with Gasteiger partial charge in [-0.2, -0.15) is 0 Å². The summed E-state index contributed by atoms with van der Waals surface area (Å²) in [5, 5.41) is 3.88. The fourth-order valence-electron chi connectivity index (χ4n) is 5.31. The number of piperazine rings is 1. The molecule has 2 saturated heterocycles. The highest BCUT2D eigenvalue weighted by atomic mass is 16.5. The van der Waals surface area contributed by atoms with Crippen molar-refractivity contribution in [2.75, 3.05) is 69.7 Å². The minimum Gasteiger partial charge on any atom is -0.493 e. The second-order valence-corrected chi connectivity index (χ2v) is 10.9. The molecule has 1 aromatic heterocycles. The number of nitrogens with one attached hydrogen (secondary N) is 1. The third kappa shape index (κ3) is 7.70. The molecule has 0 atom stereocenters. The Morgan fingerprint density at radius 1 is 0.976 bits per heavy atom. The summed E-state index contributed by atoms with van der Waals surface area (Å²) >= 11 is 0. The Morgan fingerprint density at radius 2 is 1.73 bits per heavy atom. The van der Waals surface area contributed by atoms with Gasteiger partial charge in [-0.05, 0) is 76.5 Å². The van der Waals surface area contributed by atoms with Crippen molar-refractivity contribution in [1.82, 2.24) is 19.8 Å². The molecule has 2 aromatic carbocycles. The monoisotopic (exact) mass is 562 g/mol. The second kappa shape index (κ2) is 13.7. The molecule has 41 heavy (non-hydrogen) atoms. The number of urea groups is 1. The maximum Gasteiger partial charge on any atom is 0.321 e. The number of carbonyl (C=O) groups excluding carboxylic acids is 1. The average Bonchev–Trinajstić information content (AvgIpc) is 3.00. The fourth-order valence-corrected chi connectivity index (χ4v) is 5.31. The molecule has 0 bridgehead atoms. The summed E-state index contributed by atoms with van der Waals surface area (Å²) < 4.78 is 17.4. The highest BCUT2D eigenvalue weighted by molar-refractivity contribution is 5.89. The van der Waals surface area contributed by atoms with Crippen LogP contribution in [0.4, 0.5) is 16.4 Å². The van der Waals surface area contributed by atoms with Crippen LogP contribution in [0.25, 0.3) is 10.9 Å². The van der Waals surface area contributed by atoms with Crippen LogP contribution < -0.4 is 24.4 Å².